The third-order valence-corrected chi connectivity index (χ3v) is 4.43. The topological polar surface area (TPSA) is 51.0 Å². The molecule has 1 aromatic heterocycles. The molecule has 0 saturated heterocycles. The van der Waals surface area contributed by atoms with Gasteiger partial charge < -0.3 is 9.84 Å². The molecule has 0 spiro atoms. The zero-order valence-electron chi connectivity index (χ0n) is 10.6. The normalized spacial score (nSPS) is 24.4. The minimum atomic E-state index is 0.414. The third-order valence-electron chi connectivity index (χ3n) is 3.27. The lowest BCUT2D eigenvalue weighted by molar-refractivity contribution is 0.333. The van der Waals surface area contributed by atoms with Gasteiger partial charge >= 0.3 is 0 Å². The van der Waals surface area contributed by atoms with Gasteiger partial charge in [-0.1, -0.05) is 18.5 Å². The maximum atomic E-state index is 5.40. The van der Waals surface area contributed by atoms with Gasteiger partial charge in [-0.2, -0.15) is 16.7 Å². The van der Waals surface area contributed by atoms with Gasteiger partial charge in [0.15, 0.2) is 5.82 Å². The van der Waals surface area contributed by atoms with Crippen molar-refractivity contribution in [3.63, 3.8) is 0 Å². The molecule has 0 aliphatic heterocycles. The Labute approximate surface area is 107 Å². The van der Waals surface area contributed by atoms with Crippen molar-refractivity contribution in [3.8, 4) is 0 Å². The van der Waals surface area contributed by atoms with Crippen LogP contribution in [-0.2, 0) is 5.75 Å². The summed E-state index contributed by atoms with van der Waals surface area (Å²) < 4.78 is 5.40. The first kappa shape index (κ1) is 12.9. The second-order valence-corrected chi connectivity index (χ2v) is 5.64. The van der Waals surface area contributed by atoms with E-state index in [2.05, 4.69) is 22.4 Å². The molecule has 2 unspecified atom stereocenters. The summed E-state index contributed by atoms with van der Waals surface area (Å²) in [6.45, 7) is 2.19. The number of likely N-dealkylation sites (N-methyl/N-ethyl adjacent to an activating group) is 1. The van der Waals surface area contributed by atoms with E-state index in [0.29, 0.717) is 12.0 Å². The maximum Gasteiger partial charge on any atom is 0.231 e. The van der Waals surface area contributed by atoms with E-state index >= 15 is 0 Å². The first-order chi connectivity index (χ1) is 8.35. The van der Waals surface area contributed by atoms with Crippen molar-refractivity contribution in [2.45, 2.75) is 50.3 Å². The number of rotatable bonds is 6. The minimum absolute atomic E-state index is 0.414. The number of nitrogens with zero attached hydrogens (tertiary/aromatic N) is 2. The van der Waals surface area contributed by atoms with Crippen molar-refractivity contribution < 1.29 is 4.52 Å². The van der Waals surface area contributed by atoms with E-state index in [0.717, 1.165) is 29.6 Å². The molecule has 1 N–H and O–H groups in total. The standard InChI is InChI=1S/C12H21N3OS/c1-3-7-17-8-11-14-12(16-15-11)9-5-4-6-10(9)13-2/h9-10,13H,3-8H2,1-2H3. The molecule has 2 atom stereocenters. The minimum Gasteiger partial charge on any atom is -0.339 e. The maximum absolute atomic E-state index is 5.40. The Bertz CT molecular complexity index is 342. The highest BCUT2D eigenvalue weighted by atomic mass is 32.2. The second kappa shape index (κ2) is 6.40. The molecule has 4 nitrogen and oxygen atoms in total. The molecular weight excluding hydrogens is 234 g/mol. The molecule has 17 heavy (non-hydrogen) atoms. The molecule has 0 radical (unpaired) electrons. The van der Waals surface area contributed by atoms with Crippen LogP contribution in [0.25, 0.3) is 0 Å². The zero-order chi connectivity index (χ0) is 12.1. The van der Waals surface area contributed by atoms with Crippen LogP contribution in [0.15, 0.2) is 4.52 Å². The fraction of sp³-hybridized carbons (Fsp3) is 0.833. The van der Waals surface area contributed by atoms with Crippen molar-refractivity contribution >= 4 is 11.8 Å². The molecule has 1 aliphatic rings. The molecule has 96 valence electrons. The highest BCUT2D eigenvalue weighted by molar-refractivity contribution is 7.98. The van der Waals surface area contributed by atoms with E-state index in [1.807, 2.05) is 18.8 Å². The predicted octanol–water partition coefficient (Wildman–Crippen LogP) is 2.57. The van der Waals surface area contributed by atoms with Crippen LogP contribution in [0, 0.1) is 0 Å². The van der Waals surface area contributed by atoms with Crippen LogP contribution in [0.5, 0.6) is 0 Å². The van der Waals surface area contributed by atoms with Gasteiger partial charge in [0, 0.05) is 6.04 Å². The Balaban J connectivity index is 1.93. The van der Waals surface area contributed by atoms with E-state index in [4.69, 9.17) is 4.52 Å². The zero-order valence-corrected chi connectivity index (χ0v) is 11.4. The van der Waals surface area contributed by atoms with Crippen molar-refractivity contribution in [1.82, 2.24) is 15.5 Å². The quantitative estimate of drug-likeness (QED) is 0.792. The van der Waals surface area contributed by atoms with Crippen molar-refractivity contribution in [3.05, 3.63) is 11.7 Å². The number of nitrogens with one attached hydrogen (secondary N) is 1. The van der Waals surface area contributed by atoms with Gasteiger partial charge in [0.1, 0.15) is 0 Å². The predicted molar refractivity (Wildman–Crippen MR) is 70.2 cm³/mol. The summed E-state index contributed by atoms with van der Waals surface area (Å²) in [5.41, 5.74) is 0. The lowest BCUT2D eigenvalue weighted by Crippen LogP contribution is -2.27. The summed E-state index contributed by atoms with van der Waals surface area (Å²) in [5, 5.41) is 7.41. The fourth-order valence-electron chi connectivity index (χ4n) is 2.39. The number of hydrogen-bond acceptors (Lipinski definition) is 5. The SMILES string of the molecule is CCCSCc1noc(C2CCCC2NC)n1. The van der Waals surface area contributed by atoms with Crippen LogP contribution in [0.3, 0.4) is 0 Å². The van der Waals surface area contributed by atoms with Gasteiger partial charge in [0.2, 0.25) is 5.89 Å². The monoisotopic (exact) mass is 255 g/mol. The van der Waals surface area contributed by atoms with Crippen LogP contribution in [0.1, 0.15) is 50.2 Å². The van der Waals surface area contributed by atoms with E-state index < -0.39 is 0 Å². The summed E-state index contributed by atoms with van der Waals surface area (Å²) in [4.78, 5) is 4.52. The molecule has 1 saturated carbocycles. The van der Waals surface area contributed by atoms with Crippen LogP contribution < -0.4 is 5.32 Å². The van der Waals surface area contributed by atoms with Crippen molar-refractivity contribution in [2.24, 2.45) is 0 Å². The molecule has 2 rings (SSSR count). The van der Waals surface area contributed by atoms with Crippen molar-refractivity contribution in [2.75, 3.05) is 12.8 Å². The number of aromatic nitrogens is 2. The first-order valence-corrected chi connectivity index (χ1v) is 7.58. The van der Waals surface area contributed by atoms with Gasteiger partial charge in [0.25, 0.3) is 0 Å². The molecular formula is C12H21N3OS. The molecule has 0 bridgehead atoms. The van der Waals surface area contributed by atoms with E-state index in [1.54, 1.807) is 0 Å². The van der Waals surface area contributed by atoms with Gasteiger partial charge in [0.05, 0.1) is 11.7 Å². The molecule has 1 heterocycles. The van der Waals surface area contributed by atoms with Crippen LogP contribution >= 0.6 is 11.8 Å². The Kier molecular flexibility index (Phi) is 4.86. The summed E-state index contributed by atoms with van der Waals surface area (Å²) in [7, 11) is 2.01. The lowest BCUT2D eigenvalue weighted by atomic mass is 10.0. The summed E-state index contributed by atoms with van der Waals surface area (Å²) >= 11 is 1.87. The Hall–Kier alpha value is -0.550. The van der Waals surface area contributed by atoms with Gasteiger partial charge in [-0.05, 0) is 32.1 Å². The Morgan fingerprint density at radius 3 is 3.12 bits per heavy atom. The Morgan fingerprint density at radius 2 is 2.35 bits per heavy atom. The van der Waals surface area contributed by atoms with E-state index in [1.165, 1.54) is 19.3 Å². The van der Waals surface area contributed by atoms with Crippen LogP contribution in [0.2, 0.25) is 0 Å². The van der Waals surface area contributed by atoms with Crippen molar-refractivity contribution in [1.29, 1.82) is 0 Å². The molecule has 5 heteroatoms. The van der Waals surface area contributed by atoms with Gasteiger partial charge in [-0.15, -0.1) is 0 Å². The third kappa shape index (κ3) is 3.22. The molecule has 0 amide bonds. The highest BCUT2D eigenvalue weighted by Gasteiger charge is 2.31. The first-order valence-electron chi connectivity index (χ1n) is 6.42. The average molecular weight is 255 g/mol. The van der Waals surface area contributed by atoms with Crippen LogP contribution in [-0.4, -0.2) is 29.0 Å². The fourth-order valence-corrected chi connectivity index (χ4v) is 3.12. The highest BCUT2D eigenvalue weighted by Crippen LogP contribution is 2.33. The second-order valence-electron chi connectivity index (χ2n) is 4.53. The number of thioether (sulfide) groups is 1. The largest absolute Gasteiger partial charge is 0.339 e. The molecule has 1 aromatic rings. The van der Waals surface area contributed by atoms with E-state index in [-0.39, 0.29) is 0 Å². The van der Waals surface area contributed by atoms with Gasteiger partial charge in [-0.25, -0.2) is 0 Å². The average Bonchev–Trinajstić information content (AvgIpc) is 2.96. The van der Waals surface area contributed by atoms with E-state index in [9.17, 15) is 0 Å². The number of hydrogen-bond donors (Lipinski definition) is 1. The molecule has 1 aliphatic carbocycles. The summed E-state index contributed by atoms with van der Waals surface area (Å²) in [5.74, 6) is 4.12. The summed E-state index contributed by atoms with van der Waals surface area (Å²) in [6, 6.07) is 0.506. The summed E-state index contributed by atoms with van der Waals surface area (Å²) in [6.07, 6.45) is 4.82. The smallest absolute Gasteiger partial charge is 0.231 e. The Morgan fingerprint density at radius 1 is 1.47 bits per heavy atom. The van der Waals surface area contributed by atoms with Crippen LogP contribution in [0.4, 0.5) is 0 Å². The molecule has 1 fully saturated rings. The lowest BCUT2D eigenvalue weighted by Gasteiger charge is -2.14. The molecule has 0 aromatic carbocycles. The van der Waals surface area contributed by atoms with Gasteiger partial charge in [-0.3, -0.25) is 0 Å².